The van der Waals surface area contributed by atoms with Gasteiger partial charge in [-0.25, -0.2) is 0 Å². The van der Waals surface area contributed by atoms with Crippen molar-refractivity contribution in [2.75, 3.05) is 13.1 Å². The van der Waals surface area contributed by atoms with Crippen molar-refractivity contribution >= 4 is 25.5 Å². The number of piperidine rings is 1. The third-order valence-corrected chi connectivity index (χ3v) is 7.26. The van der Waals surface area contributed by atoms with E-state index in [1.54, 1.807) is 6.08 Å². The van der Waals surface area contributed by atoms with Crippen LogP contribution in [-0.4, -0.2) is 37.0 Å². The minimum atomic E-state index is -2.43. The minimum absolute atomic E-state index is 0.0429. The Morgan fingerprint density at radius 2 is 1.89 bits per heavy atom. The van der Waals surface area contributed by atoms with Gasteiger partial charge in [-0.3, -0.25) is 4.79 Å². The van der Waals surface area contributed by atoms with Crippen LogP contribution in [-0.2, 0) is 11.3 Å². The number of likely N-dealkylation sites (tertiary alicyclic amines) is 1. The van der Waals surface area contributed by atoms with E-state index in [9.17, 15) is 9.59 Å². The summed E-state index contributed by atoms with van der Waals surface area (Å²) in [6.45, 7) is 5.88. The highest BCUT2D eigenvalue weighted by atomic mass is 28.4. The highest BCUT2D eigenvalue weighted by Crippen LogP contribution is 2.28. The van der Waals surface area contributed by atoms with Gasteiger partial charge in [-0.15, -0.1) is 0 Å². The van der Waals surface area contributed by atoms with Crippen LogP contribution in [0.4, 0.5) is 0 Å². The zero-order valence-electron chi connectivity index (χ0n) is 16.8. The number of amides is 1. The molecule has 1 fully saturated rings. The highest BCUT2D eigenvalue weighted by molar-refractivity contribution is 6.83. The topological polar surface area (TPSA) is 66.6 Å². The van der Waals surface area contributed by atoms with Gasteiger partial charge in [0.15, 0.2) is 0 Å². The number of carbonyl (C=O) groups excluding carboxylic acids is 1. The molecule has 3 rings (SSSR count). The van der Waals surface area contributed by atoms with Crippen molar-refractivity contribution in [1.29, 1.82) is 0 Å². The quantitative estimate of drug-likeness (QED) is 0.605. The molecule has 0 radical (unpaired) electrons. The maximum absolute atomic E-state index is 12.6. The lowest BCUT2D eigenvalue weighted by Crippen LogP contribution is -2.43. The molecule has 148 valence electrons. The molecule has 0 unspecified atom stereocenters. The summed E-state index contributed by atoms with van der Waals surface area (Å²) in [4.78, 5) is 25.0. The van der Waals surface area contributed by atoms with Crippen molar-refractivity contribution in [3.8, 4) is 0 Å². The molecular weight excluding hydrogens is 364 g/mol. The Morgan fingerprint density at radius 3 is 2.57 bits per heavy atom. The largest absolute Gasteiger partial charge is 0.428 e. The van der Waals surface area contributed by atoms with E-state index in [2.05, 4.69) is 24.3 Å². The maximum atomic E-state index is 12.6. The number of hydrogen-bond donors (Lipinski definition) is 2. The van der Waals surface area contributed by atoms with Crippen LogP contribution in [0.2, 0.25) is 13.1 Å². The fourth-order valence-electron chi connectivity index (χ4n) is 3.87. The summed E-state index contributed by atoms with van der Waals surface area (Å²) < 4.78 is 0. The predicted octanol–water partition coefficient (Wildman–Crippen LogP) is 2.97. The summed E-state index contributed by atoms with van der Waals surface area (Å²) >= 11 is 0. The molecule has 1 saturated heterocycles. The van der Waals surface area contributed by atoms with E-state index in [0.717, 1.165) is 42.2 Å². The summed E-state index contributed by atoms with van der Waals surface area (Å²) in [6, 6.07) is 16.3. The fraction of sp³-hybridized carbons (Fsp3) is 0.348. The van der Waals surface area contributed by atoms with Crippen molar-refractivity contribution in [1.82, 2.24) is 4.90 Å². The summed E-state index contributed by atoms with van der Waals surface area (Å²) in [5.41, 5.74) is 9.18. The first-order chi connectivity index (χ1) is 13.4. The SMILES string of the molecule is C[Si](C)(O)c1ccccc1C=CC(=O)N1CCC(c2cccc(CN)c2)CC1. The molecule has 5 heteroatoms. The van der Waals surface area contributed by atoms with Gasteiger partial charge in [0.1, 0.15) is 0 Å². The van der Waals surface area contributed by atoms with Crippen LogP contribution in [0.25, 0.3) is 6.08 Å². The van der Waals surface area contributed by atoms with Crippen LogP contribution >= 0.6 is 0 Å². The molecule has 1 aliphatic rings. The van der Waals surface area contributed by atoms with Gasteiger partial charge < -0.3 is 15.4 Å². The molecule has 28 heavy (non-hydrogen) atoms. The molecule has 1 heterocycles. The van der Waals surface area contributed by atoms with E-state index >= 15 is 0 Å². The van der Waals surface area contributed by atoms with Crippen molar-refractivity contribution in [3.05, 3.63) is 71.3 Å². The Hall–Kier alpha value is -2.21. The summed E-state index contributed by atoms with van der Waals surface area (Å²) in [7, 11) is -2.43. The van der Waals surface area contributed by atoms with Crippen LogP contribution in [0.1, 0.15) is 35.4 Å². The number of nitrogens with two attached hydrogens (primary N) is 1. The molecule has 1 aliphatic heterocycles. The molecule has 0 aromatic heterocycles. The molecule has 4 nitrogen and oxygen atoms in total. The van der Waals surface area contributed by atoms with E-state index in [4.69, 9.17) is 5.73 Å². The molecule has 3 N–H and O–H groups in total. The molecule has 1 amide bonds. The van der Waals surface area contributed by atoms with Crippen LogP contribution in [0.5, 0.6) is 0 Å². The monoisotopic (exact) mass is 394 g/mol. The van der Waals surface area contributed by atoms with E-state index in [-0.39, 0.29) is 5.91 Å². The van der Waals surface area contributed by atoms with Gasteiger partial charge in [-0.2, -0.15) is 0 Å². The van der Waals surface area contributed by atoms with Gasteiger partial charge in [0, 0.05) is 25.7 Å². The Labute approximate surface area is 168 Å². The fourth-order valence-corrected chi connectivity index (χ4v) is 5.25. The number of hydrogen-bond acceptors (Lipinski definition) is 3. The first kappa shape index (κ1) is 20.5. The summed E-state index contributed by atoms with van der Waals surface area (Å²) in [5.74, 6) is 0.530. The average Bonchev–Trinajstić information content (AvgIpc) is 2.71. The minimum Gasteiger partial charge on any atom is -0.428 e. The second-order valence-corrected chi connectivity index (χ2v) is 11.7. The summed E-state index contributed by atoms with van der Waals surface area (Å²) in [5, 5.41) is 0.956. The van der Waals surface area contributed by atoms with Crippen LogP contribution < -0.4 is 10.9 Å². The number of nitrogens with zero attached hydrogens (tertiary/aromatic N) is 1. The molecule has 0 saturated carbocycles. The highest BCUT2D eigenvalue weighted by Gasteiger charge is 2.24. The van der Waals surface area contributed by atoms with E-state index < -0.39 is 8.32 Å². The van der Waals surface area contributed by atoms with E-state index in [1.165, 1.54) is 5.56 Å². The van der Waals surface area contributed by atoms with Crippen molar-refractivity contribution in [2.24, 2.45) is 5.73 Å². The number of carbonyl (C=O) groups is 1. The van der Waals surface area contributed by atoms with Crippen molar-refractivity contribution in [2.45, 2.75) is 38.4 Å². The van der Waals surface area contributed by atoms with Crippen molar-refractivity contribution in [3.63, 3.8) is 0 Å². The Kier molecular flexibility index (Phi) is 6.49. The lowest BCUT2D eigenvalue weighted by molar-refractivity contribution is -0.126. The van der Waals surface area contributed by atoms with Gasteiger partial charge in [0.2, 0.25) is 14.2 Å². The van der Waals surface area contributed by atoms with Gasteiger partial charge >= 0.3 is 0 Å². The van der Waals surface area contributed by atoms with Crippen LogP contribution in [0, 0.1) is 0 Å². The Balaban J connectivity index is 1.62. The second kappa shape index (κ2) is 8.86. The Bertz CT molecular complexity index is 850. The molecule has 2 aromatic rings. The van der Waals surface area contributed by atoms with E-state index in [0.29, 0.717) is 12.5 Å². The number of benzene rings is 2. The summed E-state index contributed by atoms with van der Waals surface area (Å²) in [6.07, 6.45) is 5.44. The van der Waals surface area contributed by atoms with Crippen LogP contribution in [0.15, 0.2) is 54.6 Å². The van der Waals surface area contributed by atoms with Gasteiger partial charge in [0.05, 0.1) is 0 Å². The third kappa shape index (κ3) is 4.98. The molecule has 2 aromatic carbocycles. The zero-order chi connectivity index (χ0) is 20.1. The van der Waals surface area contributed by atoms with E-state index in [1.807, 2.05) is 48.3 Å². The first-order valence-corrected chi connectivity index (χ1v) is 12.9. The standard InChI is InChI=1S/C23H30N2O2Si/c1-28(2,27)22-9-4-3-7-20(22)10-11-23(26)25-14-12-19(13-15-25)21-8-5-6-18(16-21)17-24/h3-11,16,19,27H,12-15,17,24H2,1-2H3. The lowest BCUT2D eigenvalue weighted by Gasteiger charge is -2.31. The average molecular weight is 395 g/mol. The van der Waals surface area contributed by atoms with Gasteiger partial charge in [-0.1, -0.05) is 48.5 Å². The van der Waals surface area contributed by atoms with Gasteiger partial charge in [-0.05, 0) is 59.8 Å². The number of rotatable bonds is 5. The molecule has 0 spiro atoms. The van der Waals surface area contributed by atoms with Crippen molar-refractivity contribution < 1.29 is 9.59 Å². The third-order valence-electron chi connectivity index (χ3n) is 5.49. The maximum Gasteiger partial charge on any atom is 0.246 e. The molecular formula is C23H30N2O2Si. The molecule has 0 atom stereocenters. The van der Waals surface area contributed by atoms with Gasteiger partial charge in [0.25, 0.3) is 0 Å². The smallest absolute Gasteiger partial charge is 0.246 e. The normalized spacial score (nSPS) is 15.9. The first-order valence-electron chi connectivity index (χ1n) is 9.96. The zero-order valence-corrected chi connectivity index (χ0v) is 17.8. The lowest BCUT2D eigenvalue weighted by atomic mass is 9.88. The molecule has 0 bridgehead atoms. The second-order valence-electron chi connectivity index (χ2n) is 8.03. The molecule has 0 aliphatic carbocycles. The van der Waals surface area contributed by atoms with Crippen LogP contribution in [0.3, 0.4) is 0 Å². The Morgan fingerprint density at radius 1 is 1.18 bits per heavy atom. The predicted molar refractivity (Wildman–Crippen MR) is 118 cm³/mol.